The Hall–Kier alpha value is -2.44. The van der Waals surface area contributed by atoms with Crippen LogP contribution in [0.3, 0.4) is 0 Å². The van der Waals surface area contributed by atoms with Gasteiger partial charge in [-0.3, -0.25) is 9.59 Å². The molecule has 1 aromatic carbocycles. The third kappa shape index (κ3) is 3.85. The molecular formula is C17H18N2O4. The molecule has 2 aromatic rings. The van der Waals surface area contributed by atoms with Crippen LogP contribution in [0.1, 0.15) is 10.4 Å². The lowest BCUT2D eigenvalue weighted by Crippen LogP contribution is -2.39. The van der Waals surface area contributed by atoms with Crippen molar-refractivity contribution in [2.24, 2.45) is 0 Å². The number of aromatic amines is 1. The van der Waals surface area contributed by atoms with Crippen molar-refractivity contribution in [2.75, 3.05) is 26.4 Å². The van der Waals surface area contributed by atoms with Gasteiger partial charge in [-0.1, -0.05) is 12.1 Å². The van der Waals surface area contributed by atoms with E-state index in [2.05, 4.69) is 10.3 Å². The van der Waals surface area contributed by atoms with Gasteiger partial charge in [0.2, 0.25) is 0 Å². The van der Waals surface area contributed by atoms with Crippen LogP contribution in [0.5, 0.6) is 0 Å². The van der Waals surface area contributed by atoms with E-state index in [0.29, 0.717) is 43.1 Å². The Bertz CT molecular complexity index is 735. The summed E-state index contributed by atoms with van der Waals surface area (Å²) in [5.74, 6) is -0.201. The number of pyridine rings is 1. The van der Waals surface area contributed by atoms with Gasteiger partial charge in [0.05, 0.1) is 25.9 Å². The van der Waals surface area contributed by atoms with Crippen molar-refractivity contribution >= 4 is 5.91 Å². The summed E-state index contributed by atoms with van der Waals surface area (Å²) in [4.78, 5) is 26.7. The molecule has 0 saturated carbocycles. The van der Waals surface area contributed by atoms with Crippen molar-refractivity contribution < 1.29 is 14.3 Å². The first-order valence-corrected chi connectivity index (χ1v) is 7.50. The molecule has 1 aliphatic heterocycles. The molecule has 23 heavy (non-hydrogen) atoms. The highest BCUT2D eigenvalue weighted by Gasteiger charge is 2.16. The molecule has 3 rings (SSSR count). The van der Waals surface area contributed by atoms with Gasteiger partial charge >= 0.3 is 0 Å². The van der Waals surface area contributed by atoms with E-state index in [1.807, 2.05) is 0 Å². The zero-order valence-corrected chi connectivity index (χ0v) is 12.6. The predicted octanol–water partition coefficient (Wildman–Crippen LogP) is 1.19. The SMILES string of the molecule is O=C(NCC1COCCO1)c1cccc(-c2ccc[nH]c2=O)c1. The van der Waals surface area contributed by atoms with Crippen LogP contribution in [-0.2, 0) is 9.47 Å². The smallest absolute Gasteiger partial charge is 0.255 e. The number of amides is 1. The van der Waals surface area contributed by atoms with Gasteiger partial charge in [-0.05, 0) is 29.8 Å². The van der Waals surface area contributed by atoms with Crippen LogP contribution in [0.15, 0.2) is 47.4 Å². The van der Waals surface area contributed by atoms with Gasteiger partial charge in [-0.2, -0.15) is 0 Å². The van der Waals surface area contributed by atoms with Gasteiger partial charge in [0.25, 0.3) is 11.5 Å². The van der Waals surface area contributed by atoms with Crippen LogP contribution >= 0.6 is 0 Å². The zero-order valence-electron chi connectivity index (χ0n) is 12.6. The van der Waals surface area contributed by atoms with Gasteiger partial charge in [-0.15, -0.1) is 0 Å². The quantitative estimate of drug-likeness (QED) is 0.888. The van der Waals surface area contributed by atoms with Crippen LogP contribution in [0.25, 0.3) is 11.1 Å². The molecular weight excluding hydrogens is 296 g/mol. The molecule has 120 valence electrons. The fourth-order valence-corrected chi connectivity index (χ4v) is 2.44. The highest BCUT2D eigenvalue weighted by molar-refractivity contribution is 5.95. The minimum Gasteiger partial charge on any atom is -0.376 e. The van der Waals surface area contributed by atoms with Crippen LogP contribution in [0.2, 0.25) is 0 Å². The average molecular weight is 314 g/mol. The number of hydrogen-bond acceptors (Lipinski definition) is 4. The number of hydrogen-bond donors (Lipinski definition) is 2. The van der Waals surface area contributed by atoms with E-state index in [9.17, 15) is 9.59 Å². The summed E-state index contributed by atoms with van der Waals surface area (Å²) in [6, 6.07) is 10.5. The molecule has 6 nitrogen and oxygen atoms in total. The average Bonchev–Trinajstić information content (AvgIpc) is 2.61. The summed E-state index contributed by atoms with van der Waals surface area (Å²) >= 11 is 0. The number of benzene rings is 1. The molecule has 1 saturated heterocycles. The predicted molar refractivity (Wildman–Crippen MR) is 85.4 cm³/mol. The third-order valence-electron chi connectivity index (χ3n) is 3.63. The summed E-state index contributed by atoms with van der Waals surface area (Å²) in [5, 5.41) is 2.83. The van der Waals surface area contributed by atoms with Gasteiger partial charge in [-0.25, -0.2) is 0 Å². The highest BCUT2D eigenvalue weighted by Crippen LogP contribution is 2.16. The van der Waals surface area contributed by atoms with Gasteiger partial charge < -0.3 is 19.8 Å². The monoisotopic (exact) mass is 314 g/mol. The summed E-state index contributed by atoms with van der Waals surface area (Å²) in [6.45, 7) is 2.03. The van der Waals surface area contributed by atoms with E-state index >= 15 is 0 Å². The van der Waals surface area contributed by atoms with Crippen molar-refractivity contribution in [1.82, 2.24) is 10.3 Å². The molecule has 2 heterocycles. The normalized spacial score (nSPS) is 17.7. The molecule has 2 N–H and O–H groups in total. The van der Waals surface area contributed by atoms with Crippen LogP contribution in [0, 0.1) is 0 Å². The van der Waals surface area contributed by atoms with Gasteiger partial charge in [0, 0.05) is 23.9 Å². The standard InChI is InChI=1S/C17H18N2O4/c20-16(19-10-14-11-22-7-8-23-14)13-4-1-3-12(9-13)15-5-2-6-18-17(15)21/h1-6,9,14H,7-8,10-11H2,(H,18,21)(H,19,20). The zero-order chi connectivity index (χ0) is 16.1. The number of carbonyl (C=O) groups excluding carboxylic acids is 1. The van der Waals surface area contributed by atoms with Gasteiger partial charge in [0.15, 0.2) is 0 Å². The van der Waals surface area contributed by atoms with E-state index in [-0.39, 0.29) is 17.6 Å². The number of H-pyrrole nitrogens is 1. The fraction of sp³-hybridized carbons (Fsp3) is 0.294. The molecule has 1 unspecified atom stereocenters. The van der Waals surface area contributed by atoms with Crippen molar-refractivity contribution in [2.45, 2.75) is 6.10 Å². The summed E-state index contributed by atoms with van der Waals surface area (Å²) in [5.41, 5.74) is 1.56. The number of aromatic nitrogens is 1. The maximum atomic E-state index is 12.3. The number of carbonyl (C=O) groups is 1. The Morgan fingerprint density at radius 3 is 2.96 bits per heavy atom. The highest BCUT2D eigenvalue weighted by atomic mass is 16.6. The molecule has 0 aliphatic carbocycles. The molecule has 1 aliphatic rings. The molecule has 0 bridgehead atoms. The third-order valence-corrected chi connectivity index (χ3v) is 3.63. The lowest BCUT2D eigenvalue weighted by atomic mass is 10.0. The Morgan fingerprint density at radius 2 is 2.17 bits per heavy atom. The first-order chi connectivity index (χ1) is 11.2. The van der Waals surface area contributed by atoms with E-state index in [4.69, 9.17) is 9.47 Å². The second-order valence-electron chi connectivity index (χ2n) is 5.27. The van der Waals surface area contributed by atoms with Gasteiger partial charge in [0.1, 0.15) is 0 Å². The van der Waals surface area contributed by atoms with Crippen molar-refractivity contribution in [3.05, 3.63) is 58.5 Å². The van der Waals surface area contributed by atoms with Crippen LogP contribution in [-0.4, -0.2) is 43.4 Å². The molecule has 1 amide bonds. The molecule has 6 heteroatoms. The first kappa shape index (κ1) is 15.5. The molecule has 0 spiro atoms. The summed E-state index contributed by atoms with van der Waals surface area (Å²) < 4.78 is 10.8. The van der Waals surface area contributed by atoms with E-state index in [0.717, 1.165) is 0 Å². The Morgan fingerprint density at radius 1 is 1.26 bits per heavy atom. The lowest BCUT2D eigenvalue weighted by molar-refractivity contribution is -0.0855. The lowest BCUT2D eigenvalue weighted by Gasteiger charge is -2.23. The van der Waals surface area contributed by atoms with Crippen LogP contribution < -0.4 is 10.9 Å². The van der Waals surface area contributed by atoms with Crippen molar-refractivity contribution in [3.63, 3.8) is 0 Å². The Labute approximate surface area is 133 Å². The number of nitrogens with one attached hydrogen (secondary N) is 2. The number of rotatable bonds is 4. The fourth-order valence-electron chi connectivity index (χ4n) is 2.44. The second kappa shape index (κ2) is 7.21. The topological polar surface area (TPSA) is 80.4 Å². The van der Waals surface area contributed by atoms with Crippen molar-refractivity contribution in [3.8, 4) is 11.1 Å². The number of ether oxygens (including phenoxy) is 2. The van der Waals surface area contributed by atoms with Crippen LogP contribution in [0.4, 0.5) is 0 Å². The maximum Gasteiger partial charge on any atom is 0.255 e. The molecule has 1 fully saturated rings. The van der Waals surface area contributed by atoms with E-state index in [1.165, 1.54) is 0 Å². The summed E-state index contributed by atoms with van der Waals surface area (Å²) in [6.07, 6.45) is 1.46. The molecule has 0 radical (unpaired) electrons. The van der Waals surface area contributed by atoms with E-state index in [1.54, 1.807) is 42.6 Å². The molecule has 1 atom stereocenters. The minimum absolute atomic E-state index is 0.118. The Kier molecular flexibility index (Phi) is 4.85. The molecule has 1 aromatic heterocycles. The first-order valence-electron chi connectivity index (χ1n) is 7.50. The largest absolute Gasteiger partial charge is 0.376 e. The Balaban J connectivity index is 1.70. The van der Waals surface area contributed by atoms with Crippen molar-refractivity contribution in [1.29, 1.82) is 0 Å². The summed E-state index contributed by atoms with van der Waals surface area (Å²) in [7, 11) is 0. The second-order valence-corrected chi connectivity index (χ2v) is 5.27. The minimum atomic E-state index is -0.201. The van der Waals surface area contributed by atoms with E-state index < -0.39 is 0 Å². The maximum absolute atomic E-state index is 12.3.